The fraction of sp³-hybridized carbons (Fsp3) is 0.467. The summed E-state index contributed by atoms with van der Waals surface area (Å²) < 4.78 is 5.33. The highest BCUT2D eigenvalue weighted by Crippen LogP contribution is 2.36. The second-order valence-corrected chi connectivity index (χ2v) is 4.64. The number of carbonyl (C=O) groups excluding carboxylic acids is 2. The lowest BCUT2D eigenvalue weighted by Gasteiger charge is -2.24. The van der Waals surface area contributed by atoms with Crippen LogP contribution in [0.5, 0.6) is 0 Å². The van der Waals surface area contributed by atoms with Gasteiger partial charge in [0.15, 0.2) is 0 Å². The van der Waals surface area contributed by atoms with Gasteiger partial charge >= 0.3 is 5.97 Å². The number of amides is 1. The zero-order chi connectivity index (χ0) is 13.8. The summed E-state index contributed by atoms with van der Waals surface area (Å²) in [6.45, 7) is 5.19. The van der Waals surface area contributed by atoms with Gasteiger partial charge in [-0.15, -0.1) is 0 Å². The molecule has 0 aliphatic carbocycles. The maximum atomic E-state index is 12.4. The third-order valence-electron chi connectivity index (χ3n) is 3.53. The third kappa shape index (κ3) is 2.78. The number of nitrogens with zero attached hydrogens (tertiary/aromatic N) is 1. The first kappa shape index (κ1) is 13.6. The van der Waals surface area contributed by atoms with Crippen LogP contribution in [0.2, 0.25) is 0 Å². The summed E-state index contributed by atoms with van der Waals surface area (Å²) in [4.78, 5) is 25.7. The molecule has 1 amide bonds. The number of esters is 1. The lowest BCUT2D eigenvalue weighted by Crippen LogP contribution is -2.37. The average molecular weight is 261 g/mol. The molecule has 0 N–H and O–H groups in total. The van der Waals surface area contributed by atoms with E-state index in [2.05, 4.69) is 0 Å². The molecule has 4 heteroatoms. The van der Waals surface area contributed by atoms with Crippen LogP contribution in [0.25, 0.3) is 0 Å². The van der Waals surface area contributed by atoms with E-state index in [1.807, 2.05) is 44.2 Å². The summed E-state index contributed by atoms with van der Waals surface area (Å²) in [6, 6.07) is 9.47. The number of hydrogen-bond donors (Lipinski definition) is 0. The van der Waals surface area contributed by atoms with Gasteiger partial charge in [0, 0.05) is 13.1 Å². The van der Waals surface area contributed by atoms with Crippen molar-refractivity contribution >= 4 is 11.9 Å². The van der Waals surface area contributed by atoms with Gasteiger partial charge in [-0.05, 0) is 19.4 Å². The van der Waals surface area contributed by atoms with E-state index in [9.17, 15) is 9.59 Å². The Morgan fingerprint density at radius 2 is 1.89 bits per heavy atom. The van der Waals surface area contributed by atoms with Crippen LogP contribution in [-0.2, 0) is 14.3 Å². The van der Waals surface area contributed by atoms with Crippen molar-refractivity contribution in [3.05, 3.63) is 35.9 Å². The Morgan fingerprint density at radius 1 is 1.26 bits per heavy atom. The summed E-state index contributed by atoms with van der Waals surface area (Å²) in [5.74, 6) is -0.682. The van der Waals surface area contributed by atoms with Gasteiger partial charge in [-0.1, -0.05) is 30.3 Å². The molecule has 2 atom stereocenters. The average Bonchev–Trinajstić information content (AvgIpc) is 2.83. The molecule has 1 saturated heterocycles. The highest BCUT2D eigenvalue weighted by Gasteiger charge is 2.41. The van der Waals surface area contributed by atoms with Crippen LogP contribution in [0.1, 0.15) is 31.9 Å². The normalized spacial score (nSPS) is 22.1. The van der Waals surface area contributed by atoms with Crippen molar-refractivity contribution in [3.63, 3.8) is 0 Å². The summed E-state index contributed by atoms with van der Waals surface area (Å²) in [5, 5.41) is 0. The van der Waals surface area contributed by atoms with E-state index in [0.717, 1.165) is 5.56 Å². The minimum absolute atomic E-state index is 0.00435. The van der Waals surface area contributed by atoms with Crippen molar-refractivity contribution in [2.75, 3.05) is 13.1 Å². The molecule has 1 aliphatic heterocycles. The fourth-order valence-electron chi connectivity index (χ4n) is 2.49. The number of hydrogen-bond acceptors (Lipinski definition) is 3. The van der Waals surface area contributed by atoms with Gasteiger partial charge in [-0.3, -0.25) is 9.59 Å². The second-order valence-electron chi connectivity index (χ2n) is 4.64. The zero-order valence-electron chi connectivity index (χ0n) is 11.3. The van der Waals surface area contributed by atoms with E-state index in [4.69, 9.17) is 4.74 Å². The van der Waals surface area contributed by atoms with Crippen LogP contribution in [-0.4, -0.2) is 29.9 Å². The molecule has 0 unspecified atom stereocenters. The Morgan fingerprint density at radius 3 is 2.47 bits per heavy atom. The molecule has 1 aromatic rings. The SMILES string of the molecule is CCN(CC)C(=O)[C@@H]1CC(=O)O[C@@H]1c1ccccc1. The number of rotatable bonds is 4. The van der Waals surface area contributed by atoms with Crippen molar-refractivity contribution in [2.24, 2.45) is 5.92 Å². The van der Waals surface area contributed by atoms with Crippen LogP contribution in [0.15, 0.2) is 30.3 Å². The van der Waals surface area contributed by atoms with Crippen LogP contribution < -0.4 is 0 Å². The van der Waals surface area contributed by atoms with E-state index < -0.39 is 12.0 Å². The quantitative estimate of drug-likeness (QED) is 0.780. The molecular weight excluding hydrogens is 242 g/mol. The first-order valence-electron chi connectivity index (χ1n) is 6.70. The predicted octanol–water partition coefficient (Wildman–Crippen LogP) is 2.16. The summed E-state index contributed by atoms with van der Waals surface area (Å²) >= 11 is 0. The molecule has 19 heavy (non-hydrogen) atoms. The maximum Gasteiger partial charge on any atom is 0.307 e. The van der Waals surface area contributed by atoms with E-state index in [-0.39, 0.29) is 18.3 Å². The lowest BCUT2D eigenvalue weighted by atomic mass is 9.94. The van der Waals surface area contributed by atoms with E-state index in [1.165, 1.54) is 0 Å². The monoisotopic (exact) mass is 261 g/mol. The van der Waals surface area contributed by atoms with Crippen molar-refractivity contribution < 1.29 is 14.3 Å². The van der Waals surface area contributed by atoms with E-state index in [0.29, 0.717) is 13.1 Å². The number of cyclic esters (lactones) is 1. The van der Waals surface area contributed by atoms with Crippen molar-refractivity contribution in [1.29, 1.82) is 0 Å². The van der Waals surface area contributed by atoms with Crippen LogP contribution >= 0.6 is 0 Å². The standard InChI is InChI=1S/C15H19NO3/c1-3-16(4-2)15(18)12-10-13(17)19-14(12)11-8-6-5-7-9-11/h5-9,12,14H,3-4,10H2,1-2H3/t12-,14-/m1/s1. The van der Waals surface area contributed by atoms with Crippen molar-refractivity contribution in [2.45, 2.75) is 26.4 Å². The molecule has 1 aromatic carbocycles. The van der Waals surface area contributed by atoms with Gasteiger partial charge in [0.2, 0.25) is 5.91 Å². The number of ether oxygens (including phenoxy) is 1. The molecule has 4 nitrogen and oxygen atoms in total. The lowest BCUT2D eigenvalue weighted by molar-refractivity contribution is -0.142. The zero-order valence-corrected chi connectivity index (χ0v) is 11.3. The largest absolute Gasteiger partial charge is 0.457 e. The molecule has 0 radical (unpaired) electrons. The smallest absolute Gasteiger partial charge is 0.307 e. The highest BCUT2D eigenvalue weighted by atomic mass is 16.6. The number of carbonyl (C=O) groups is 2. The fourth-order valence-corrected chi connectivity index (χ4v) is 2.49. The molecule has 2 rings (SSSR count). The van der Waals surface area contributed by atoms with E-state index in [1.54, 1.807) is 4.90 Å². The molecule has 0 spiro atoms. The predicted molar refractivity (Wildman–Crippen MR) is 71.3 cm³/mol. The Bertz CT molecular complexity index is 454. The van der Waals surface area contributed by atoms with Gasteiger partial charge in [-0.2, -0.15) is 0 Å². The van der Waals surface area contributed by atoms with Gasteiger partial charge in [0.25, 0.3) is 0 Å². The first-order valence-corrected chi connectivity index (χ1v) is 6.70. The molecule has 0 aromatic heterocycles. The van der Waals surface area contributed by atoms with E-state index >= 15 is 0 Å². The Labute approximate surface area is 113 Å². The summed E-state index contributed by atoms with van der Waals surface area (Å²) in [7, 11) is 0. The van der Waals surface area contributed by atoms with Gasteiger partial charge in [0.1, 0.15) is 6.10 Å². The van der Waals surface area contributed by atoms with Crippen LogP contribution in [0, 0.1) is 5.92 Å². The Hall–Kier alpha value is -1.84. The van der Waals surface area contributed by atoms with Gasteiger partial charge in [-0.25, -0.2) is 0 Å². The summed E-state index contributed by atoms with van der Waals surface area (Å²) in [5.41, 5.74) is 0.888. The number of benzene rings is 1. The van der Waals surface area contributed by atoms with Crippen LogP contribution in [0.3, 0.4) is 0 Å². The molecule has 0 saturated carbocycles. The topological polar surface area (TPSA) is 46.6 Å². The highest BCUT2D eigenvalue weighted by molar-refractivity contribution is 5.87. The minimum atomic E-state index is -0.443. The molecule has 1 heterocycles. The van der Waals surface area contributed by atoms with Crippen molar-refractivity contribution in [1.82, 2.24) is 4.90 Å². The Balaban J connectivity index is 2.23. The third-order valence-corrected chi connectivity index (χ3v) is 3.53. The van der Waals surface area contributed by atoms with Gasteiger partial charge < -0.3 is 9.64 Å². The van der Waals surface area contributed by atoms with Crippen molar-refractivity contribution in [3.8, 4) is 0 Å². The summed E-state index contributed by atoms with van der Waals surface area (Å²) in [6.07, 6.45) is -0.267. The van der Waals surface area contributed by atoms with Gasteiger partial charge in [0.05, 0.1) is 12.3 Å². The molecule has 1 fully saturated rings. The molecule has 102 valence electrons. The first-order chi connectivity index (χ1) is 9.17. The maximum absolute atomic E-state index is 12.4. The van der Waals surface area contributed by atoms with Crippen LogP contribution in [0.4, 0.5) is 0 Å². The minimum Gasteiger partial charge on any atom is -0.457 e. The Kier molecular flexibility index (Phi) is 4.20. The molecular formula is C15H19NO3. The molecule has 0 bridgehead atoms. The molecule has 1 aliphatic rings. The second kappa shape index (κ2) is 5.87.